The second kappa shape index (κ2) is 4.00. The van der Waals surface area contributed by atoms with Crippen molar-refractivity contribution in [3.05, 3.63) is 35.9 Å². The summed E-state index contributed by atoms with van der Waals surface area (Å²) in [7, 11) is 0. The Morgan fingerprint density at radius 3 is 2.50 bits per heavy atom. The third-order valence-corrected chi connectivity index (χ3v) is 1.12. The predicted molar refractivity (Wildman–Crippen MR) is 34.9 cm³/mol. The molecule has 1 rings (SSSR count). The fourth-order valence-electron chi connectivity index (χ4n) is 0.669. The van der Waals surface area contributed by atoms with Gasteiger partial charge in [0.05, 0.1) is 0 Å². The van der Waals surface area contributed by atoms with Gasteiger partial charge >= 0.3 is 0 Å². The zero-order valence-electron chi connectivity index (χ0n) is 5.36. The predicted octanol–water partition coefficient (Wildman–Crippen LogP) is 1.61. The molecule has 0 heterocycles. The van der Waals surface area contributed by atoms with Gasteiger partial charge in [0.1, 0.15) is 6.61 Å². The van der Waals surface area contributed by atoms with E-state index in [1.807, 2.05) is 30.3 Å². The molecule has 1 aromatic carbocycles. The van der Waals surface area contributed by atoms with Gasteiger partial charge in [-0.15, -0.1) is 0 Å². The second-order valence-electron chi connectivity index (χ2n) is 1.82. The Labute approximate surface area is 58.7 Å². The Bertz CT molecular complexity index is 173. The Balaban J connectivity index is 2.43. The molecular weight excluding hydrogens is 132 g/mol. The molecule has 1 N–H and O–H groups in total. The normalized spacial score (nSPS) is 9.70. The molecule has 0 bridgehead atoms. The smallest absolute Gasteiger partial charge is 0.110 e. The summed E-state index contributed by atoms with van der Waals surface area (Å²) in [6.45, 7) is 0.261. The Kier molecular flexibility index (Phi) is 2.89. The molecular formula is C7H8O3. The van der Waals surface area contributed by atoms with Crippen molar-refractivity contribution in [1.29, 1.82) is 0 Å². The molecule has 0 unspecified atom stereocenters. The lowest BCUT2D eigenvalue weighted by Gasteiger charge is -1.96. The summed E-state index contributed by atoms with van der Waals surface area (Å²) < 4.78 is 0. The zero-order chi connectivity index (χ0) is 7.23. The molecule has 3 heteroatoms. The van der Waals surface area contributed by atoms with E-state index in [4.69, 9.17) is 5.26 Å². The number of benzene rings is 1. The van der Waals surface area contributed by atoms with Crippen molar-refractivity contribution < 1.29 is 15.2 Å². The van der Waals surface area contributed by atoms with Crippen LogP contribution in [0.3, 0.4) is 0 Å². The third-order valence-electron chi connectivity index (χ3n) is 1.12. The minimum absolute atomic E-state index is 0.261. The van der Waals surface area contributed by atoms with Crippen molar-refractivity contribution in [1.82, 2.24) is 0 Å². The fourth-order valence-corrected chi connectivity index (χ4v) is 0.669. The SMILES string of the molecule is OOOCc1ccccc1. The topological polar surface area (TPSA) is 38.7 Å². The first-order valence-electron chi connectivity index (χ1n) is 2.90. The molecule has 0 spiro atoms. The van der Waals surface area contributed by atoms with Gasteiger partial charge in [0.2, 0.25) is 0 Å². The van der Waals surface area contributed by atoms with Crippen LogP contribution in [0, 0.1) is 0 Å². The maximum Gasteiger partial charge on any atom is 0.110 e. The molecule has 0 radical (unpaired) electrons. The summed E-state index contributed by atoms with van der Waals surface area (Å²) in [6.07, 6.45) is 0. The highest BCUT2D eigenvalue weighted by Crippen LogP contribution is 1.99. The lowest BCUT2D eigenvalue weighted by atomic mass is 10.2. The molecule has 0 atom stereocenters. The highest BCUT2D eigenvalue weighted by Gasteiger charge is 1.88. The quantitative estimate of drug-likeness (QED) is 0.512. The van der Waals surface area contributed by atoms with E-state index in [2.05, 4.69) is 9.93 Å². The molecule has 0 saturated carbocycles. The van der Waals surface area contributed by atoms with Crippen LogP contribution in [0.15, 0.2) is 30.3 Å². The molecule has 54 valence electrons. The Hall–Kier alpha value is -0.900. The molecule has 0 aliphatic heterocycles. The van der Waals surface area contributed by atoms with Crippen LogP contribution in [0.2, 0.25) is 0 Å². The van der Waals surface area contributed by atoms with Crippen molar-refractivity contribution >= 4 is 0 Å². The third kappa shape index (κ3) is 2.14. The lowest BCUT2D eigenvalue weighted by molar-refractivity contribution is -0.496. The molecule has 0 amide bonds. The first-order chi connectivity index (χ1) is 4.93. The molecule has 0 aromatic heterocycles. The molecule has 1 aromatic rings. The van der Waals surface area contributed by atoms with Gasteiger partial charge in [-0.05, 0) is 5.56 Å². The van der Waals surface area contributed by atoms with E-state index in [1.54, 1.807) is 0 Å². The van der Waals surface area contributed by atoms with E-state index >= 15 is 0 Å². The number of hydrogen-bond donors (Lipinski definition) is 1. The molecule has 10 heavy (non-hydrogen) atoms. The van der Waals surface area contributed by atoms with Crippen molar-refractivity contribution in [2.24, 2.45) is 0 Å². The summed E-state index contributed by atoms with van der Waals surface area (Å²) in [4.78, 5) is 4.28. The second-order valence-corrected chi connectivity index (χ2v) is 1.82. The minimum Gasteiger partial charge on any atom is -0.221 e. The molecule has 3 nitrogen and oxygen atoms in total. The van der Waals surface area contributed by atoms with Crippen LogP contribution >= 0.6 is 0 Å². The van der Waals surface area contributed by atoms with Crippen LogP contribution in [-0.2, 0) is 16.5 Å². The van der Waals surface area contributed by atoms with E-state index in [0.29, 0.717) is 0 Å². The standard InChI is InChI=1S/C7H8O3/c8-10-9-6-7-4-2-1-3-5-7/h1-5,8H,6H2. The van der Waals surface area contributed by atoms with Gasteiger partial charge in [0.25, 0.3) is 0 Å². The van der Waals surface area contributed by atoms with Crippen LogP contribution in [0.4, 0.5) is 0 Å². The fraction of sp³-hybridized carbons (Fsp3) is 0.143. The van der Waals surface area contributed by atoms with Crippen molar-refractivity contribution in [2.45, 2.75) is 6.61 Å². The van der Waals surface area contributed by atoms with Gasteiger partial charge in [-0.25, -0.2) is 10.1 Å². The van der Waals surface area contributed by atoms with E-state index in [-0.39, 0.29) is 6.61 Å². The van der Waals surface area contributed by atoms with Crippen molar-refractivity contribution in [2.75, 3.05) is 0 Å². The summed E-state index contributed by atoms with van der Waals surface area (Å²) in [5, 5.41) is 11.3. The first kappa shape index (κ1) is 7.21. The average molecular weight is 140 g/mol. The van der Waals surface area contributed by atoms with Crippen LogP contribution in [0.5, 0.6) is 0 Å². The van der Waals surface area contributed by atoms with Crippen LogP contribution in [0.1, 0.15) is 5.56 Å². The lowest BCUT2D eigenvalue weighted by Crippen LogP contribution is -1.89. The molecule has 0 fully saturated rings. The highest BCUT2D eigenvalue weighted by atomic mass is 17.5. The van der Waals surface area contributed by atoms with Gasteiger partial charge in [-0.3, -0.25) is 0 Å². The summed E-state index contributed by atoms with van der Waals surface area (Å²) in [6, 6.07) is 9.42. The first-order valence-corrected chi connectivity index (χ1v) is 2.90. The number of rotatable bonds is 3. The van der Waals surface area contributed by atoms with Gasteiger partial charge in [0, 0.05) is 0 Å². The van der Waals surface area contributed by atoms with Crippen LogP contribution < -0.4 is 0 Å². The largest absolute Gasteiger partial charge is 0.221 e. The maximum absolute atomic E-state index is 7.81. The monoisotopic (exact) mass is 140 g/mol. The molecule has 0 aliphatic carbocycles. The van der Waals surface area contributed by atoms with Gasteiger partial charge in [-0.2, -0.15) is 0 Å². The minimum atomic E-state index is 0.261. The summed E-state index contributed by atoms with van der Waals surface area (Å²) in [5.74, 6) is 0. The maximum atomic E-state index is 7.81. The van der Waals surface area contributed by atoms with E-state index in [1.165, 1.54) is 0 Å². The van der Waals surface area contributed by atoms with Crippen molar-refractivity contribution in [3.8, 4) is 0 Å². The number of hydrogen-bond acceptors (Lipinski definition) is 3. The van der Waals surface area contributed by atoms with Crippen molar-refractivity contribution in [3.63, 3.8) is 0 Å². The van der Waals surface area contributed by atoms with E-state index in [0.717, 1.165) is 5.56 Å². The van der Waals surface area contributed by atoms with Crippen LogP contribution in [0.25, 0.3) is 0 Å². The van der Waals surface area contributed by atoms with Gasteiger partial charge < -0.3 is 0 Å². The van der Waals surface area contributed by atoms with Gasteiger partial charge in [-0.1, -0.05) is 35.4 Å². The molecule has 0 aliphatic rings. The Morgan fingerprint density at radius 2 is 1.90 bits per heavy atom. The molecule has 0 saturated heterocycles. The Morgan fingerprint density at radius 1 is 1.20 bits per heavy atom. The van der Waals surface area contributed by atoms with E-state index in [9.17, 15) is 0 Å². The highest BCUT2D eigenvalue weighted by molar-refractivity contribution is 5.13. The van der Waals surface area contributed by atoms with E-state index < -0.39 is 0 Å². The van der Waals surface area contributed by atoms with Crippen LogP contribution in [-0.4, -0.2) is 5.26 Å². The summed E-state index contributed by atoms with van der Waals surface area (Å²) in [5.41, 5.74) is 0.955. The van der Waals surface area contributed by atoms with Gasteiger partial charge in [0.15, 0.2) is 0 Å². The zero-order valence-corrected chi connectivity index (χ0v) is 5.36. The average Bonchev–Trinajstić information content (AvgIpc) is 2.03. The summed E-state index contributed by atoms with van der Waals surface area (Å²) >= 11 is 0.